The van der Waals surface area contributed by atoms with Crippen molar-refractivity contribution in [2.24, 2.45) is 0 Å². The van der Waals surface area contributed by atoms with Gasteiger partial charge < -0.3 is 10.2 Å². The maximum atomic E-state index is 13.6. The smallest absolute Gasteiger partial charge is 0.343 e. The Bertz CT molecular complexity index is 2430. The van der Waals surface area contributed by atoms with Crippen LogP contribution in [0.1, 0.15) is 100 Å². The summed E-state index contributed by atoms with van der Waals surface area (Å²) in [6.45, 7) is 9.35. The Hall–Kier alpha value is -6.07. The van der Waals surface area contributed by atoms with Crippen LogP contribution in [-0.2, 0) is 11.3 Å². The molecule has 17 heteroatoms. The molecule has 1 saturated carbocycles. The molecule has 0 atom stereocenters. The highest BCUT2D eigenvalue weighted by Gasteiger charge is 2.43. The number of amides is 5. The lowest BCUT2D eigenvalue weighted by Gasteiger charge is -2.43. The zero-order valence-corrected chi connectivity index (χ0v) is 33.3. The molecule has 2 N–H and O–H groups in total. The summed E-state index contributed by atoms with van der Waals surface area (Å²) in [7, 11) is 0. The van der Waals surface area contributed by atoms with Gasteiger partial charge in [-0.25, -0.2) is 19.8 Å². The zero-order chi connectivity index (χ0) is 40.9. The highest BCUT2D eigenvalue weighted by molar-refractivity contribution is 6.22. The predicted molar refractivity (Wildman–Crippen MR) is 217 cm³/mol. The minimum absolute atomic E-state index is 0.00478. The molecule has 4 aromatic rings. The van der Waals surface area contributed by atoms with Crippen molar-refractivity contribution in [2.75, 3.05) is 56.0 Å². The first kappa shape index (κ1) is 38.4. The molecule has 17 nitrogen and oxygen atoms in total. The SMILES string of the molecule is CC(=O)c1c(C)c2cnc(Nc3ccc(N4CCN(C5CCN(Cc6ccc7c(c6)C(=O)N(N6CCC(=O)NC6=O)C7=O)CC5)CC4)cn3)nc2n(C2CCCC2)c1=O. The van der Waals surface area contributed by atoms with Gasteiger partial charge >= 0.3 is 6.03 Å². The Morgan fingerprint density at radius 2 is 1.58 bits per heavy atom. The summed E-state index contributed by atoms with van der Waals surface area (Å²) in [5, 5.41) is 7.95. The lowest BCUT2D eigenvalue weighted by atomic mass is 10.0. The van der Waals surface area contributed by atoms with Crippen LogP contribution in [0.25, 0.3) is 11.0 Å². The summed E-state index contributed by atoms with van der Waals surface area (Å²) >= 11 is 0. The molecule has 1 aliphatic carbocycles. The Kier molecular flexibility index (Phi) is 10.2. The first-order valence-electron chi connectivity index (χ1n) is 20.5. The lowest BCUT2D eigenvalue weighted by molar-refractivity contribution is -0.122. The molecule has 3 saturated heterocycles. The largest absolute Gasteiger partial charge is 0.368 e. The van der Waals surface area contributed by atoms with Gasteiger partial charge in [0.1, 0.15) is 11.5 Å². The molecule has 1 aromatic carbocycles. The predicted octanol–water partition coefficient (Wildman–Crippen LogP) is 3.80. The molecule has 0 bridgehead atoms. The number of hydrogen-bond donors (Lipinski definition) is 2. The van der Waals surface area contributed by atoms with Crippen LogP contribution in [0, 0.1) is 6.92 Å². The molecule has 0 radical (unpaired) electrons. The minimum atomic E-state index is -0.773. The zero-order valence-electron chi connectivity index (χ0n) is 33.3. The van der Waals surface area contributed by atoms with Gasteiger partial charge in [0, 0.05) is 62.8 Å². The van der Waals surface area contributed by atoms with Crippen LogP contribution >= 0.6 is 0 Å². The van der Waals surface area contributed by atoms with Crippen LogP contribution < -0.4 is 21.1 Å². The molecular formula is C42H47N11O6. The minimum Gasteiger partial charge on any atom is -0.368 e. The van der Waals surface area contributed by atoms with Crippen LogP contribution in [0.5, 0.6) is 0 Å². The number of aromatic nitrogens is 4. The van der Waals surface area contributed by atoms with E-state index in [-0.39, 0.29) is 47.0 Å². The van der Waals surface area contributed by atoms with Crippen LogP contribution in [0.15, 0.2) is 47.5 Å². The fourth-order valence-electron chi connectivity index (χ4n) is 9.46. The second-order valence-corrected chi connectivity index (χ2v) is 16.2. The van der Waals surface area contributed by atoms with Gasteiger partial charge in [0.05, 0.1) is 35.1 Å². The molecule has 3 aromatic heterocycles. The number of fused-ring (bicyclic) bond motifs is 2. The molecular weight excluding hydrogens is 755 g/mol. The summed E-state index contributed by atoms with van der Waals surface area (Å²) in [6.07, 6.45) is 9.47. The third-order valence-corrected chi connectivity index (χ3v) is 12.6. The average molecular weight is 802 g/mol. The Morgan fingerprint density at radius 1 is 0.831 bits per heavy atom. The number of aryl methyl sites for hydroxylation is 1. The van der Waals surface area contributed by atoms with E-state index in [1.165, 1.54) is 6.92 Å². The van der Waals surface area contributed by atoms with Crippen molar-refractivity contribution in [1.82, 2.24) is 44.7 Å². The van der Waals surface area contributed by atoms with E-state index in [1.807, 2.05) is 18.3 Å². The number of anilines is 3. The second kappa shape index (κ2) is 15.6. The number of piperidine rings is 1. The molecule has 4 fully saturated rings. The summed E-state index contributed by atoms with van der Waals surface area (Å²) < 4.78 is 1.71. The van der Waals surface area contributed by atoms with Gasteiger partial charge in [-0.15, -0.1) is 0 Å². The summed E-state index contributed by atoms with van der Waals surface area (Å²) in [5.74, 6) is -0.857. The van der Waals surface area contributed by atoms with E-state index in [2.05, 4.69) is 41.4 Å². The number of Topliss-reactive ketones (excluding diaryl/α,β-unsaturated/α-hetero) is 1. The number of likely N-dealkylation sites (tertiary alicyclic amines) is 1. The number of benzene rings is 1. The Balaban J connectivity index is 0.776. The van der Waals surface area contributed by atoms with E-state index in [0.29, 0.717) is 40.9 Å². The molecule has 306 valence electrons. The summed E-state index contributed by atoms with van der Waals surface area (Å²) in [4.78, 5) is 97.6. The standard InChI is InChI=1S/C42H47N11O6/c1-25-33-23-44-41(47-37(33)52(29-5-3-4-6-29)40(58)36(25)26(2)54)45-34-10-8-30(22-43-34)50-19-17-49(18-20-50)28-11-14-48(15-12-28)24-27-7-9-31-32(21-27)39(57)53(38(31)56)51-16-13-35(55)46-42(51)59/h7-10,21-23,28-29H,3-6,11-20,24H2,1-2H3,(H,46,55,59)(H,43,44,45,47). The fourth-order valence-corrected chi connectivity index (χ4v) is 9.46. The number of rotatable bonds is 9. The van der Waals surface area contributed by atoms with Crippen LogP contribution in [-0.4, -0.2) is 121 Å². The first-order chi connectivity index (χ1) is 28.5. The van der Waals surface area contributed by atoms with E-state index in [4.69, 9.17) is 4.98 Å². The molecule has 5 amide bonds. The second-order valence-electron chi connectivity index (χ2n) is 16.2. The highest BCUT2D eigenvalue weighted by atomic mass is 16.2. The van der Waals surface area contributed by atoms with Crippen molar-refractivity contribution in [1.29, 1.82) is 0 Å². The number of pyridine rings is 2. The third kappa shape index (κ3) is 7.22. The van der Waals surface area contributed by atoms with Gasteiger partial charge in [0.25, 0.3) is 17.4 Å². The molecule has 5 aliphatic rings. The number of urea groups is 1. The molecule has 4 aliphatic heterocycles. The van der Waals surface area contributed by atoms with E-state index >= 15 is 0 Å². The van der Waals surface area contributed by atoms with E-state index in [1.54, 1.807) is 29.8 Å². The number of carbonyl (C=O) groups is 5. The van der Waals surface area contributed by atoms with Gasteiger partial charge in [-0.1, -0.05) is 18.9 Å². The summed E-state index contributed by atoms with van der Waals surface area (Å²) in [5.41, 5.74) is 3.59. The van der Waals surface area contributed by atoms with Crippen molar-refractivity contribution in [3.8, 4) is 0 Å². The van der Waals surface area contributed by atoms with Crippen molar-refractivity contribution < 1.29 is 24.0 Å². The number of hydrogen-bond acceptors (Lipinski definition) is 13. The number of hydrazine groups is 1. The van der Waals surface area contributed by atoms with Crippen LogP contribution in [0.2, 0.25) is 0 Å². The number of piperazine rings is 1. The van der Waals surface area contributed by atoms with E-state index in [9.17, 15) is 28.8 Å². The topological polar surface area (TPSA) is 186 Å². The molecule has 7 heterocycles. The quantitative estimate of drug-likeness (QED) is 0.184. The first-order valence-corrected chi connectivity index (χ1v) is 20.5. The monoisotopic (exact) mass is 801 g/mol. The van der Waals surface area contributed by atoms with Crippen molar-refractivity contribution >= 4 is 58.0 Å². The van der Waals surface area contributed by atoms with E-state index in [0.717, 1.165) is 99.1 Å². The van der Waals surface area contributed by atoms with Gasteiger partial charge in [-0.2, -0.15) is 9.99 Å². The maximum Gasteiger partial charge on any atom is 0.343 e. The Morgan fingerprint density at radius 3 is 2.27 bits per heavy atom. The van der Waals surface area contributed by atoms with E-state index < -0.39 is 23.8 Å². The maximum absolute atomic E-state index is 13.6. The molecule has 0 spiro atoms. The van der Waals surface area contributed by atoms with Crippen LogP contribution in [0.4, 0.5) is 22.2 Å². The highest BCUT2D eigenvalue weighted by Crippen LogP contribution is 2.33. The van der Waals surface area contributed by atoms with Gasteiger partial charge in [-0.05, 0) is 88.0 Å². The van der Waals surface area contributed by atoms with Gasteiger partial charge in [0.15, 0.2) is 5.78 Å². The average Bonchev–Trinajstić information content (AvgIpc) is 3.84. The van der Waals surface area contributed by atoms with Crippen molar-refractivity contribution in [3.63, 3.8) is 0 Å². The molecule has 0 unspecified atom stereocenters. The number of nitrogens with zero attached hydrogens (tertiary/aromatic N) is 9. The van der Waals surface area contributed by atoms with Gasteiger partial charge in [-0.3, -0.25) is 43.7 Å². The number of ketones is 1. The lowest BCUT2D eigenvalue weighted by Crippen LogP contribution is -2.58. The van der Waals surface area contributed by atoms with Gasteiger partial charge in [0.2, 0.25) is 11.9 Å². The molecule has 9 rings (SSSR count). The third-order valence-electron chi connectivity index (χ3n) is 12.6. The number of nitrogens with one attached hydrogen (secondary N) is 2. The normalized spacial score (nSPS) is 19.9. The van der Waals surface area contributed by atoms with Crippen LogP contribution in [0.3, 0.4) is 0 Å². The van der Waals surface area contributed by atoms with Crippen molar-refractivity contribution in [2.45, 2.75) is 77.4 Å². The molecule has 59 heavy (non-hydrogen) atoms. The van der Waals surface area contributed by atoms with Crippen molar-refractivity contribution in [3.05, 3.63) is 80.9 Å². The fraction of sp³-hybridized carbons (Fsp3) is 0.452. The number of carbonyl (C=O) groups excluding carboxylic acids is 5. The number of imide groups is 2. The summed E-state index contributed by atoms with van der Waals surface area (Å²) in [6, 6.07) is 8.97. The Labute approximate surface area is 340 Å².